The molecule has 92 valence electrons. The SMILES string of the molecule is O=C(Nc1ccc(F)cc1F)C1CC(O)CN1. The molecule has 17 heavy (non-hydrogen) atoms. The first-order valence-corrected chi connectivity index (χ1v) is 5.23. The molecule has 0 saturated carbocycles. The zero-order valence-corrected chi connectivity index (χ0v) is 8.91. The number of hydrogen-bond donors (Lipinski definition) is 3. The molecule has 1 saturated heterocycles. The molecule has 0 radical (unpaired) electrons. The fraction of sp³-hybridized carbons (Fsp3) is 0.364. The number of aliphatic hydroxyl groups is 1. The average molecular weight is 242 g/mol. The van der Waals surface area contributed by atoms with E-state index in [1.807, 2.05) is 0 Å². The molecule has 4 nitrogen and oxygen atoms in total. The summed E-state index contributed by atoms with van der Waals surface area (Å²) in [5.74, 6) is -1.96. The van der Waals surface area contributed by atoms with Crippen molar-refractivity contribution in [3.63, 3.8) is 0 Å². The molecule has 2 unspecified atom stereocenters. The topological polar surface area (TPSA) is 61.4 Å². The fourth-order valence-electron chi connectivity index (χ4n) is 1.73. The van der Waals surface area contributed by atoms with Crippen molar-refractivity contribution in [3.8, 4) is 0 Å². The molecule has 1 aliphatic rings. The lowest BCUT2D eigenvalue weighted by Crippen LogP contribution is -2.35. The van der Waals surface area contributed by atoms with E-state index < -0.39 is 29.7 Å². The molecule has 1 amide bonds. The summed E-state index contributed by atoms with van der Waals surface area (Å²) in [5.41, 5.74) is -0.0698. The Morgan fingerprint density at radius 1 is 1.47 bits per heavy atom. The van der Waals surface area contributed by atoms with Crippen LogP contribution in [0.5, 0.6) is 0 Å². The van der Waals surface area contributed by atoms with Crippen LogP contribution < -0.4 is 10.6 Å². The third-order valence-corrected chi connectivity index (χ3v) is 2.61. The summed E-state index contributed by atoms with van der Waals surface area (Å²) in [6, 6.07) is 2.38. The van der Waals surface area contributed by atoms with Gasteiger partial charge in [-0.1, -0.05) is 0 Å². The van der Waals surface area contributed by atoms with E-state index in [9.17, 15) is 18.7 Å². The van der Waals surface area contributed by atoms with Crippen molar-refractivity contribution >= 4 is 11.6 Å². The maximum Gasteiger partial charge on any atom is 0.241 e. The number of rotatable bonds is 2. The van der Waals surface area contributed by atoms with E-state index in [1.165, 1.54) is 0 Å². The fourth-order valence-corrected chi connectivity index (χ4v) is 1.73. The molecule has 0 aliphatic carbocycles. The van der Waals surface area contributed by atoms with E-state index in [4.69, 9.17) is 0 Å². The molecule has 1 fully saturated rings. The van der Waals surface area contributed by atoms with Gasteiger partial charge in [0, 0.05) is 12.6 Å². The lowest BCUT2D eigenvalue weighted by atomic mass is 10.2. The van der Waals surface area contributed by atoms with Gasteiger partial charge in [0.15, 0.2) is 0 Å². The number of carbonyl (C=O) groups excluding carboxylic acids is 1. The highest BCUT2D eigenvalue weighted by Crippen LogP contribution is 2.16. The van der Waals surface area contributed by atoms with E-state index in [2.05, 4.69) is 10.6 Å². The number of amides is 1. The van der Waals surface area contributed by atoms with Gasteiger partial charge >= 0.3 is 0 Å². The van der Waals surface area contributed by atoms with Gasteiger partial charge in [0.1, 0.15) is 11.6 Å². The molecule has 2 atom stereocenters. The zero-order chi connectivity index (χ0) is 12.4. The van der Waals surface area contributed by atoms with Crippen molar-refractivity contribution in [2.45, 2.75) is 18.6 Å². The highest BCUT2D eigenvalue weighted by molar-refractivity contribution is 5.95. The largest absolute Gasteiger partial charge is 0.392 e. The summed E-state index contributed by atoms with van der Waals surface area (Å²) in [6.07, 6.45) is -0.280. The molecule has 0 aromatic heterocycles. The van der Waals surface area contributed by atoms with Gasteiger partial charge in [0.2, 0.25) is 5.91 Å². The summed E-state index contributed by atoms with van der Waals surface area (Å²) in [7, 11) is 0. The lowest BCUT2D eigenvalue weighted by molar-refractivity contribution is -0.118. The third-order valence-electron chi connectivity index (χ3n) is 2.61. The summed E-state index contributed by atoms with van der Waals surface area (Å²) < 4.78 is 25.9. The predicted octanol–water partition coefficient (Wildman–Crippen LogP) is 0.626. The first kappa shape index (κ1) is 11.9. The molecule has 1 heterocycles. The minimum absolute atomic E-state index is 0.0698. The number of β-amino-alcohol motifs (C(OH)–C–C–N with tert-alkyl or cyclic N) is 1. The van der Waals surface area contributed by atoms with E-state index in [0.717, 1.165) is 12.1 Å². The van der Waals surface area contributed by atoms with Crippen LogP contribution >= 0.6 is 0 Å². The molecule has 1 aliphatic heterocycles. The van der Waals surface area contributed by atoms with Gasteiger partial charge in [-0.3, -0.25) is 4.79 Å². The molecule has 0 bridgehead atoms. The lowest BCUT2D eigenvalue weighted by Gasteiger charge is -2.11. The molecule has 0 spiro atoms. The maximum atomic E-state index is 13.2. The minimum Gasteiger partial charge on any atom is -0.392 e. The minimum atomic E-state index is -0.822. The smallest absolute Gasteiger partial charge is 0.241 e. The zero-order valence-electron chi connectivity index (χ0n) is 8.91. The number of benzene rings is 1. The third kappa shape index (κ3) is 2.78. The van der Waals surface area contributed by atoms with Crippen LogP contribution in [-0.4, -0.2) is 29.7 Å². The number of anilines is 1. The summed E-state index contributed by atoms with van der Waals surface area (Å²) in [5, 5.41) is 14.4. The molecule has 1 aromatic rings. The molecular weight excluding hydrogens is 230 g/mol. The van der Waals surface area contributed by atoms with Crippen LogP contribution in [0, 0.1) is 11.6 Å². The highest BCUT2D eigenvalue weighted by Gasteiger charge is 2.28. The standard InChI is InChI=1S/C11H12F2N2O2/c12-6-1-2-9(8(13)3-6)15-11(17)10-4-7(16)5-14-10/h1-3,7,10,14,16H,4-5H2,(H,15,17). The van der Waals surface area contributed by atoms with Crippen molar-refractivity contribution in [3.05, 3.63) is 29.8 Å². The van der Waals surface area contributed by atoms with Crippen LogP contribution in [0.25, 0.3) is 0 Å². The predicted molar refractivity (Wildman–Crippen MR) is 57.4 cm³/mol. The van der Waals surface area contributed by atoms with Crippen LogP contribution in [0.1, 0.15) is 6.42 Å². The molecule has 6 heteroatoms. The normalized spacial score (nSPS) is 23.7. The second-order valence-corrected chi connectivity index (χ2v) is 3.96. The Balaban J connectivity index is 2.03. The van der Waals surface area contributed by atoms with Crippen molar-refractivity contribution in [1.29, 1.82) is 0 Å². The van der Waals surface area contributed by atoms with E-state index >= 15 is 0 Å². The van der Waals surface area contributed by atoms with E-state index in [0.29, 0.717) is 12.6 Å². The maximum absolute atomic E-state index is 13.2. The first-order chi connectivity index (χ1) is 8.06. The van der Waals surface area contributed by atoms with Gasteiger partial charge in [-0.2, -0.15) is 0 Å². The summed E-state index contributed by atoms with van der Waals surface area (Å²) in [6.45, 7) is 0.337. The Kier molecular flexibility index (Phi) is 3.35. The number of carbonyl (C=O) groups is 1. The van der Waals surface area contributed by atoms with Gasteiger partial charge in [0.25, 0.3) is 0 Å². The number of nitrogens with one attached hydrogen (secondary N) is 2. The van der Waals surface area contributed by atoms with Gasteiger partial charge in [-0.25, -0.2) is 8.78 Å². The first-order valence-electron chi connectivity index (χ1n) is 5.23. The molecule has 3 N–H and O–H groups in total. The molecule has 1 aromatic carbocycles. The van der Waals surface area contributed by atoms with Crippen molar-refractivity contribution in [2.24, 2.45) is 0 Å². The van der Waals surface area contributed by atoms with Gasteiger partial charge in [-0.05, 0) is 18.6 Å². The molecule has 2 rings (SSSR count). The Morgan fingerprint density at radius 3 is 2.82 bits per heavy atom. The van der Waals surface area contributed by atoms with Crippen LogP contribution in [0.4, 0.5) is 14.5 Å². The van der Waals surface area contributed by atoms with Gasteiger partial charge < -0.3 is 15.7 Å². The van der Waals surface area contributed by atoms with Gasteiger partial charge in [-0.15, -0.1) is 0 Å². The van der Waals surface area contributed by atoms with Crippen LogP contribution in [0.15, 0.2) is 18.2 Å². The summed E-state index contributed by atoms with van der Waals surface area (Å²) >= 11 is 0. The monoisotopic (exact) mass is 242 g/mol. The van der Waals surface area contributed by atoms with Crippen LogP contribution in [-0.2, 0) is 4.79 Å². The van der Waals surface area contributed by atoms with Gasteiger partial charge in [0.05, 0.1) is 17.8 Å². The van der Waals surface area contributed by atoms with Crippen molar-refractivity contribution < 1.29 is 18.7 Å². The highest BCUT2D eigenvalue weighted by atomic mass is 19.1. The number of aliphatic hydroxyl groups excluding tert-OH is 1. The van der Waals surface area contributed by atoms with Crippen LogP contribution in [0.3, 0.4) is 0 Å². The summed E-state index contributed by atoms with van der Waals surface area (Å²) in [4.78, 5) is 11.7. The van der Waals surface area contributed by atoms with Crippen molar-refractivity contribution in [1.82, 2.24) is 5.32 Å². The Labute approximate surface area is 96.6 Å². The Hall–Kier alpha value is -1.53. The van der Waals surface area contributed by atoms with Crippen molar-refractivity contribution in [2.75, 3.05) is 11.9 Å². The van der Waals surface area contributed by atoms with Crippen LogP contribution in [0.2, 0.25) is 0 Å². The average Bonchev–Trinajstić information content (AvgIpc) is 2.69. The molecular formula is C11H12F2N2O2. The Morgan fingerprint density at radius 2 is 2.24 bits per heavy atom. The number of halogens is 2. The quantitative estimate of drug-likeness (QED) is 0.712. The number of hydrogen-bond acceptors (Lipinski definition) is 3. The second kappa shape index (κ2) is 4.77. The Bertz CT molecular complexity index is 439. The second-order valence-electron chi connectivity index (χ2n) is 3.96. The van der Waals surface area contributed by atoms with E-state index in [-0.39, 0.29) is 12.1 Å². The van der Waals surface area contributed by atoms with E-state index in [1.54, 1.807) is 0 Å².